The Bertz CT molecular complexity index is 920. The van der Waals surface area contributed by atoms with Crippen LogP contribution in [0.2, 0.25) is 0 Å². The number of nitrogens with zero attached hydrogens (tertiary/aromatic N) is 3. The van der Waals surface area contributed by atoms with Gasteiger partial charge in [0.2, 0.25) is 5.91 Å². The number of carbonyl (C=O) groups is 1. The van der Waals surface area contributed by atoms with Crippen molar-refractivity contribution in [2.45, 2.75) is 19.4 Å². The van der Waals surface area contributed by atoms with Crippen molar-refractivity contribution in [3.8, 4) is 5.69 Å². The Morgan fingerprint density at radius 1 is 0.933 bits per heavy atom. The van der Waals surface area contributed by atoms with Gasteiger partial charge in [0.25, 0.3) is 0 Å². The lowest BCUT2D eigenvalue weighted by molar-refractivity contribution is -0.121. The van der Waals surface area contributed by atoms with Crippen LogP contribution in [0.15, 0.2) is 78.0 Å². The number of aromatic nitrogens is 2. The molecule has 156 valence electrons. The van der Waals surface area contributed by atoms with E-state index >= 15 is 0 Å². The molecule has 0 fully saturated rings. The van der Waals surface area contributed by atoms with Crippen molar-refractivity contribution in [2.24, 2.45) is 4.99 Å². The fourth-order valence-corrected chi connectivity index (χ4v) is 2.96. The van der Waals surface area contributed by atoms with Crippen LogP contribution in [-0.4, -0.2) is 41.8 Å². The van der Waals surface area contributed by atoms with Gasteiger partial charge in [-0.2, -0.15) is 5.10 Å². The number of benzene rings is 2. The van der Waals surface area contributed by atoms with Crippen LogP contribution in [0.3, 0.4) is 0 Å². The van der Waals surface area contributed by atoms with E-state index in [0.717, 1.165) is 24.2 Å². The SMILES string of the molecule is CN=C(NCCC(=O)NCc1ccccc1)NCCc1ccc(-n2cccn2)cc1. The molecule has 1 heterocycles. The van der Waals surface area contributed by atoms with Crippen LogP contribution in [0.1, 0.15) is 17.5 Å². The first-order chi connectivity index (χ1) is 14.7. The average Bonchev–Trinajstić information content (AvgIpc) is 3.33. The monoisotopic (exact) mass is 404 g/mol. The number of amides is 1. The number of nitrogens with one attached hydrogen (secondary N) is 3. The summed E-state index contributed by atoms with van der Waals surface area (Å²) in [5.74, 6) is 0.707. The number of hydrogen-bond acceptors (Lipinski definition) is 3. The molecule has 0 unspecified atom stereocenters. The third kappa shape index (κ3) is 6.77. The summed E-state index contributed by atoms with van der Waals surface area (Å²) in [4.78, 5) is 16.2. The second-order valence-electron chi connectivity index (χ2n) is 6.81. The topological polar surface area (TPSA) is 83.3 Å². The average molecular weight is 405 g/mol. The Morgan fingerprint density at radius 3 is 2.40 bits per heavy atom. The van der Waals surface area contributed by atoms with Crippen LogP contribution in [-0.2, 0) is 17.8 Å². The molecule has 0 spiro atoms. The number of guanidine groups is 1. The molecular weight excluding hydrogens is 376 g/mol. The molecule has 2 aromatic carbocycles. The predicted octanol–water partition coefficient (Wildman–Crippen LogP) is 2.29. The van der Waals surface area contributed by atoms with E-state index in [1.54, 1.807) is 13.2 Å². The van der Waals surface area contributed by atoms with E-state index in [-0.39, 0.29) is 5.91 Å². The highest BCUT2D eigenvalue weighted by atomic mass is 16.1. The summed E-state index contributed by atoms with van der Waals surface area (Å²) in [6, 6.07) is 20.1. The van der Waals surface area contributed by atoms with Gasteiger partial charge in [-0.05, 0) is 35.7 Å². The van der Waals surface area contributed by atoms with E-state index in [2.05, 4.69) is 50.3 Å². The summed E-state index contributed by atoms with van der Waals surface area (Å²) in [7, 11) is 1.73. The molecule has 3 rings (SSSR count). The van der Waals surface area contributed by atoms with Crippen molar-refractivity contribution in [3.05, 3.63) is 84.2 Å². The molecule has 0 saturated heterocycles. The van der Waals surface area contributed by atoms with E-state index < -0.39 is 0 Å². The maximum absolute atomic E-state index is 12.0. The molecule has 1 amide bonds. The van der Waals surface area contributed by atoms with Crippen LogP contribution in [0.4, 0.5) is 0 Å². The second kappa shape index (κ2) is 11.4. The van der Waals surface area contributed by atoms with Gasteiger partial charge in [-0.3, -0.25) is 9.79 Å². The van der Waals surface area contributed by atoms with Crippen molar-refractivity contribution >= 4 is 11.9 Å². The van der Waals surface area contributed by atoms with Gasteiger partial charge < -0.3 is 16.0 Å². The summed E-state index contributed by atoms with van der Waals surface area (Å²) >= 11 is 0. The Kier molecular flexibility index (Phi) is 8.02. The Labute approximate surface area is 177 Å². The summed E-state index contributed by atoms with van der Waals surface area (Å²) in [5, 5.41) is 13.6. The van der Waals surface area contributed by atoms with E-state index in [1.807, 2.05) is 47.3 Å². The molecule has 0 saturated carbocycles. The molecule has 30 heavy (non-hydrogen) atoms. The van der Waals surface area contributed by atoms with Crippen LogP contribution in [0.5, 0.6) is 0 Å². The first kappa shape index (κ1) is 21.1. The smallest absolute Gasteiger partial charge is 0.222 e. The maximum atomic E-state index is 12.0. The van der Waals surface area contributed by atoms with Crippen LogP contribution in [0, 0.1) is 0 Å². The molecular formula is C23H28N6O. The van der Waals surface area contributed by atoms with Crippen molar-refractivity contribution in [1.82, 2.24) is 25.7 Å². The predicted molar refractivity (Wildman–Crippen MR) is 120 cm³/mol. The highest BCUT2D eigenvalue weighted by Crippen LogP contribution is 2.08. The van der Waals surface area contributed by atoms with Gasteiger partial charge in [0.1, 0.15) is 0 Å². The molecule has 1 aromatic heterocycles. The third-order valence-corrected chi connectivity index (χ3v) is 4.61. The third-order valence-electron chi connectivity index (χ3n) is 4.61. The zero-order valence-electron chi connectivity index (χ0n) is 17.2. The molecule has 0 radical (unpaired) electrons. The van der Waals surface area contributed by atoms with E-state index in [1.165, 1.54) is 5.56 Å². The molecule has 0 aliphatic rings. The van der Waals surface area contributed by atoms with Gasteiger partial charge >= 0.3 is 0 Å². The van der Waals surface area contributed by atoms with Gasteiger partial charge in [-0.1, -0.05) is 42.5 Å². The van der Waals surface area contributed by atoms with Crippen molar-refractivity contribution < 1.29 is 4.79 Å². The molecule has 3 aromatic rings. The van der Waals surface area contributed by atoms with Gasteiger partial charge in [-0.15, -0.1) is 0 Å². The van der Waals surface area contributed by atoms with Crippen molar-refractivity contribution in [1.29, 1.82) is 0 Å². The molecule has 0 atom stereocenters. The summed E-state index contributed by atoms with van der Waals surface area (Å²) < 4.78 is 1.84. The number of hydrogen-bond donors (Lipinski definition) is 3. The van der Waals surface area contributed by atoms with Crippen LogP contribution >= 0.6 is 0 Å². The zero-order valence-corrected chi connectivity index (χ0v) is 17.2. The number of carbonyl (C=O) groups excluding carboxylic acids is 1. The Balaban J connectivity index is 1.32. The molecule has 7 nitrogen and oxygen atoms in total. The number of aliphatic imine (C=N–C) groups is 1. The normalized spacial score (nSPS) is 11.2. The fraction of sp³-hybridized carbons (Fsp3) is 0.261. The minimum Gasteiger partial charge on any atom is -0.356 e. The lowest BCUT2D eigenvalue weighted by atomic mass is 10.1. The lowest BCUT2D eigenvalue weighted by Crippen LogP contribution is -2.40. The van der Waals surface area contributed by atoms with E-state index in [4.69, 9.17) is 0 Å². The summed E-state index contributed by atoms with van der Waals surface area (Å²) in [6.45, 7) is 1.83. The minimum absolute atomic E-state index is 0.0130. The molecule has 7 heteroatoms. The highest BCUT2D eigenvalue weighted by molar-refractivity contribution is 5.81. The molecule has 0 aliphatic heterocycles. The first-order valence-electron chi connectivity index (χ1n) is 10.1. The Hall–Kier alpha value is -3.61. The van der Waals surface area contributed by atoms with E-state index in [9.17, 15) is 4.79 Å². The molecule has 3 N–H and O–H groups in total. The van der Waals surface area contributed by atoms with E-state index in [0.29, 0.717) is 25.5 Å². The van der Waals surface area contributed by atoms with Crippen LogP contribution < -0.4 is 16.0 Å². The lowest BCUT2D eigenvalue weighted by Gasteiger charge is -2.12. The van der Waals surface area contributed by atoms with Crippen LogP contribution in [0.25, 0.3) is 5.69 Å². The summed E-state index contributed by atoms with van der Waals surface area (Å²) in [5.41, 5.74) is 3.36. The van der Waals surface area contributed by atoms with Gasteiger partial charge in [-0.25, -0.2) is 4.68 Å². The summed E-state index contributed by atoms with van der Waals surface area (Å²) in [6.07, 6.45) is 4.96. The maximum Gasteiger partial charge on any atom is 0.222 e. The zero-order chi connectivity index (χ0) is 21.0. The molecule has 0 bridgehead atoms. The fourth-order valence-electron chi connectivity index (χ4n) is 2.96. The van der Waals surface area contributed by atoms with Gasteiger partial charge in [0.15, 0.2) is 5.96 Å². The minimum atomic E-state index is 0.0130. The second-order valence-corrected chi connectivity index (χ2v) is 6.81. The Morgan fingerprint density at radius 2 is 1.70 bits per heavy atom. The first-order valence-corrected chi connectivity index (χ1v) is 10.1. The largest absolute Gasteiger partial charge is 0.356 e. The van der Waals surface area contributed by atoms with Crippen molar-refractivity contribution in [2.75, 3.05) is 20.1 Å². The van der Waals surface area contributed by atoms with Crippen molar-refractivity contribution in [3.63, 3.8) is 0 Å². The quantitative estimate of drug-likeness (QED) is 0.377. The van der Waals surface area contributed by atoms with Gasteiger partial charge in [0.05, 0.1) is 5.69 Å². The highest BCUT2D eigenvalue weighted by Gasteiger charge is 2.03. The number of rotatable bonds is 9. The molecule has 0 aliphatic carbocycles. The standard InChI is InChI=1S/C23H28N6O/c1-24-23(26-16-13-22(30)27-18-20-6-3-2-4-7-20)25-15-12-19-8-10-21(11-9-19)29-17-5-14-28-29/h2-11,14,17H,12-13,15-16,18H2,1H3,(H,27,30)(H2,24,25,26). The van der Waals surface area contributed by atoms with Gasteiger partial charge in [0, 0.05) is 45.5 Å².